The van der Waals surface area contributed by atoms with E-state index in [1.54, 1.807) is 31.2 Å². The van der Waals surface area contributed by atoms with E-state index in [-0.39, 0.29) is 24.7 Å². The van der Waals surface area contributed by atoms with Crippen molar-refractivity contribution in [1.82, 2.24) is 19.3 Å². The average Bonchev–Trinajstić information content (AvgIpc) is 3.09. The Balaban J connectivity index is 1.79. The van der Waals surface area contributed by atoms with Gasteiger partial charge in [0.25, 0.3) is 5.56 Å². The average molecular weight is 391 g/mol. The summed E-state index contributed by atoms with van der Waals surface area (Å²) in [7, 11) is 0. The summed E-state index contributed by atoms with van der Waals surface area (Å²) in [5.74, 6) is 0.407. The van der Waals surface area contributed by atoms with Crippen molar-refractivity contribution in [2.75, 3.05) is 0 Å². The molecule has 2 heterocycles. The zero-order valence-electron chi connectivity index (χ0n) is 14.9. The first-order valence-corrected chi connectivity index (χ1v) is 8.82. The van der Waals surface area contributed by atoms with E-state index in [4.69, 9.17) is 16.1 Å². The van der Waals surface area contributed by atoms with Gasteiger partial charge in [-0.05, 0) is 31.5 Å². The van der Waals surface area contributed by atoms with Crippen molar-refractivity contribution in [1.29, 1.82) is 0 Å². The molecule has 3 aromatic rings. The third kappa shape index (κ3) is 4.17. The van der Waals surface area contributed by atoms with Crippen LogP contribution >= 0.6 is 11.6 Å². The molecule has 0 bridgehead atoms. The van der Waals surface area contributed by atoms with Crippen molar-refractivity contribution < 1.29 is 9.63 Å². The number of aromatic nitrogens is 4. The number of hydrogen-bond donors (Lipinski definition) is 1. The summed E-state index contributed by atoms with van der Waals surface area (Å²) in [4.78, 5) is 28.8. The van der Waals surface area contributed by atoms with Gasteiger partial charge >= 0.3 is 5.69 Å². The maximum Gasteiger partial charge on any atom is 0.331 e. The molecule has 0 unspecified atom stereocenters. The van der Waals surface area contributed by atoms with Crippen LogP contribution in [0.5, 0.6) is 0 Å². The monoisotopic (exact) mass is 390 g/mol. The largest absolute Gasteiger partial charge is 0.388 e. The van der Waals surface area contributed by atoms with Gasteiger partial charge in [0.2, 0.25) is 5.89 Å². The second-order valence-corrected chi connectivity index (χ2v) is 6.58. The summed E-state index contributed by atoms with van der Waals surface area (Å²) in [5, 5.41) is 14.7. The first kappa shape index (κ1) is 19.1. The molecule has 142 valence electrons. The maximum atomic E-state index is 12.4. The van der Waals surface area contributed by atoms with Gasteiger partial charge in [-0.3, -0.25) is 9.36 Å². The van der Waals surface area contributed by atoms with E-state index in [0.29, 0.717) is 22.7 Å². The number of aryl methyl sites for hydroxylation is 2. The Kier molecular flexibility index (Phi) is 5.57. The summed E-state index contributed by atoms with van der Waals surface area (Å²) in [5.41, 5.74) is 0.292. The van der Waals surface area contributed by atoms with E-state index in [9.17, 15) is 14.7 Å². The summed E-state index contributed by atoms with van der Waals surface area (Å²) >= 11 is 5.84. The number of nitrogens with zero attached hydrogens (tertiary/aromatic N) is 4. The normalized spacial score (nSPS) is 12.3. The molecular weight excluding hydrogens is 372 g/mol. The molecule has 0 fully saturated rings. The van der Waals surface area contributed by atoms with Crippen LogP contribution in [0.4, 0.5) is 0 Å². The van der Waals surface area contributed by atoms with Crippen LogP contribution in [0.3, 0.4) is 0 Å². The predicted molar refractivity (Wildman–Crippen MR) is 98.9 cm³/mol. The molecule has 1 aromatic carbocycles. The van der Waals surface area contributed by atoms with Crippen molar-refractivity contribution in [3.05, 3.63) is 79.2 Å². The zero-order chi connectivity index (χ0) is 19.6. The Morgan fingerprint density at radius 1 is 1.26 bits per heavy atom. The zero-order valence-corrected chi connectivity index (χ0v) is 15.7. The molecule has 27 heavy (non-hydrogen) atoms. The van der Waals surface area contributed by atoms with E-state index in [1.807, 2.05) is 6.92 Å². The van der Waals surface area contributed by atoms with Crippen LogP contribution in [0.2, 0.25) is 5.02 Å². The van der Waals surface area contributed by atoms with E-state index >= 15 is 0 Å². The van der Waals surface area contributed by atoms with Crippen molar-refractivity contribution >= 4 is 11.6 Å². The minimum Gasteiger partial charge on any atom is -0.388 e. The Labute approximate surface area is 159 Å². The van der Waals surface area contributed by atoms with Gasteiger partial charge < -0.3 is 14.2 Å². The van der Waals surface area contributed by atoms with Crippen LogP contribution in [0.25, 0.3) is 0 Å². The van der Waals surface area contributed by atoms with Crippen LogP contribution in [0.15, 0.2) is 44.6 Å². The smallest absolute Gasteiger partial charge is 0.331 e. The van der Waals surface area contributed by atoms with Gasteiger partial charge in [-0.2, -0.15) is 4.98 Å². The van der Waals surface area contributed by atoms with Crippen LogP contribution in [0, 0.1) is 6.92 Å². The highest BCUT2D eigenvalue weighted by Gasteiger charge is 2.16. The Morgan fingerprint density at radius 2 is 1.96 bits per heavy atom. The van der Waals surface area contributed by atoms with Gasteiger partial charge in [-0.15, -0.1) is 0 Å². The van der Waals surface area contributed by atoms with Gasteiger partial charge in [-0.1, -0.05) is 28.9 Å². The Bertz CT molecular complexity index is 1050. The second-order valence-electron chi connectivity index (χ2n) is 6.15. The Morgan fingerprint density at radius 3 is 2.63 bits per heavy atom. The Hall–Kier alpha value is -2.71. The lowest BCUT2D eigenvalue weighted by molar-refractivity contribution is 0.174. The van der Waals surface area contributed by atoms with Gasteiger partial charge in [0.15, 0.2) is 5.82 Å². The molecule has 0 aliphatic rings. The summed E-state index contributed by atoms with van der Waals surface area (Å²) in [6.07, 6.45) is 0.836. The number of aliphatic hydroxyl groups excluding tert-OH is 1. The fraction of sp³-hybridized carbons (Fsp3) is 0.333. The van der Waals surface area contributed by atoms with Gasteiger partial charge in [0, 0.05) is 29.7 Å². The molecule has 0 radical (unpaired) electrons. The first-order valence-electron chi connectivity index (χ1n) is 8.45. The number of benzene rings is 1. The summed E-state index contributed by atoms with van der Waals surface area (Å²) < 4.78 is 7.65. The topological polar surface area (TPSA) is 103 Å². The molecule has 1 atom stereocenters. The number of rotatable bonds is 6. The number of aliphatic hydroxyl groups is 1. The van der Waals surface area contributed by atoms with Crippen LogP contribution in [-0.4, -0.2) is 24.4 Å². The molecule has 0 aliphatic carbocycles. The molecule has 0 spiro atoms. The van der Waals surface area contributed by atoms with Crippen molar-refractivity contribution in [3.8, 4) is 0 Å². The van der Waals surface area contributed by atoms with Gasteiger partial charge in [0.1, 0.15) is 6.54 Å². The summed E-state index contributed by atoms with van der Waals surface area (Å²) in [6, 6.07) is 6.80. The van der Waals surface area contributed by atoms with Crippen LogP contribution in [0.1, 0.15) is 35.9 Å². The molecule has 8 nitrogen and oxygen atoms in total. The third-order valence-electron chi connectivity index (χ3n) is 4.18. The highest BCUT2D eigenvalue weighted by Crippen LogP contribution is 2.19. The van der Waals surface area contributed by atoms with Gasteiger partial charge in [0.05, 0.1) is 6.10 Å². The number of halogens is 1. The van der Waals surface area contributed by atoms with E-state index < -0.39 is 17.4 Å². The van der Waals surface area contributed by atoms with Crippen molar-refractivity contribution in [2.24, 2.45) is 0 Å². The minimum absolute atomic E-state index is 0.122. The third-order valence-corrected chi connectivity index (χ3v) is 4.44. The first-order chi connectivity index (χ1) is 12.9. The molecule has 3 rings (SSSR count). The van der Waals surface area contributed by atoms with Crippen LogP contribution < -0.4 is 11.2 Å². The molecule has 0 amide bonds. The lowest BCUT2D eigenvalue weighted by atomic mass is 10.1. The molecule has 0 saturated carbocycles. The molecule has 0 saturated heterocycles. The van der Waals surface area contributed by atoms with Gasteiger partial charge in [-0.25, -0.2) is 4.79 Å². The molecule has 2 aromatic heterocycles. The maximum absolute atomic E-state index is 12.4. The van der Waals surface area contributed by atoms with Crippen molar-refractivity contribution in [3.63, 3.8) is 0 Å². The lowest BCUT2D eigenvalue weighted by Crippen LogP contribution is -2.40. The van der Waals surface area contributed by atoms with E-state index in [1.165, 1.54) is 10.8 Å². The lowest BCUT2D eigenvalue weighted by Gasteiger charge is -2.08. The second kappa shape index (κ2) is 7.89. The standard InChI is InChI=1S/C18H19ClN4O4/c1-3-22-9-11(2)17(25)23(18(22)26)10-16-20-15(21-27-16)8-14(24)12-4-6-13(19)7-5-12/h4-7,9,14,24H,3,8,10H2,1-2H3/t14-/m0/s1. The quantitative estimate of drug-likeness (QED) is 0.687. The fourth-order valence-electron chi connectivity index (χ4n) is 2.71. The number of hydrogen-bond acceptors (Lipinski definition) is 6. The molecular formula is C18H19ClN4O4. The molecule has 9 heteroatoms. The van der Waals surface area contributed by atoms with Crippen molar-refractivity contribution in [2.45, 2.75) is 39.5 Å². The SMILES string of the molecule is CCn1cc(C)c(=O)n(Cc2nc(C[C@H](O)c3ccc(Cl)cc3)no2)c1=O. The molecule has 0 aliphatic heterocycles. The highest BCUT2D eigenvalue weighted by atomic mass is 35.5. The van der Waals surface area contributed by atoms with E-state index in [0.717, 1.165) is 4.57 Å². The summed E-state index contributed by atoms with van der Waals surface area (Å²) in [6.45, 7) is 3.79. The predicted octanol–water partition coefficient (Wildman–Crippen LogP) is 1.70. The highest BCUT2D eigenvalue weighted by molar-refractivity contribution is 6.30. The van der Waals surface area contributed by atoms with E-state index in [2.05, 4.69) is 10.1 Å². The fourth-order valence-corrected chi connectivity index (χ4v) is 2.84. The van der Waals surface area contributed by atoms with Crippen LogP contribution in [-0.2, 0) is 19.5 Å². The molecule has 1 N–H and O–H groups in total. The minimum atomic E-state index is -0.827.